The molecule has 0 aliphatic heterocycles. The number of pyridine rings is 1. The molecule has 1 unspecified atom stereocenters. The second-order valence-corrected chi connectivity index (χ2v) is 6.66. The highest BCUT2D eigenvalue weighted by atomic mass is 16.2. The minimum atomic E-state index is -0.663. The average Bonchev–Trinajstić information content (AvgIpc) is 2.66. The zero-order chi connectivity index (χ0) is 20.7. The number of nitrogens with zero attached hydrogens (tertiary/aromatic N) is 1. The second kappa shape index (κ2) is 9.51. The van der Waals surface area contributed by atoms with E-state index in [9.17, 15) is 14.4 Å². The molecule has 7 heteroatoms. The highest BCUT2D eigenvalue weighted by Gasteiger charge is 2.17. The molecule has 28 heavy (non-hydrogen) atoms. The lowest BCUT2D eigenvalue weighted by Crippen LogP contribution is -2.44. The summed E-state index contributed by atoms with van der Waals surface area (Å²) in [5.41, 5.74) is 2.62. The number of aryl methyl sites for hydroxylation is 1. The van der Waals surface area contributed by atoms with Gasteiger partial charge in [-0.1, -0.05) is 30.3 Å². The molecule has 7 nitrogen and oxygen atoms in total. The van der Waals surface area contributed by atoms with Gasteiger partial charge in [0, 0.05) is 18.7 Å². The minimum Gasteiger partial charge on any atom is -0.350 e. The summed E-state index contributed by atoms with van der Waals surface area (Å²) < 4.78 is 0. The molecule has 0 aliphatic carbocycles. The first-order chi connectivity index (χ1) is 13.3. The number of aromatic nitrogens is 1. The molecule has 2 aromatic rings. The van der Waals surface area contributed by atoms with E-state index in [1.807, 2.05) is 36.4 Å². The highest BCUT2D eigenvalue weighted by Crippen LogP contribution is 2.14. The monoisotopic (exact) mass is 380 g/mol. The van der Waals surface area contributed by atoms with E-state index in [-0.39, 0.29) is 23.8 Å². The Morgan fingerprint density at radius 3 is 2.54 bits per heavy atom. The first-order valence-corrected chi connectivity index (χ1v) is 9.07. The van der Waals surface area contributed by atoms with E-state index < -0.39 is 11.6 Å². The Balaban J connectivity index is 1.89. The second-order valence-electron chi connectivity index (χ2n) is 6.66. The fourth-order valence-corrected chi connectivity index (χ4v) is 2.98. The topological polar surface area (TPSA) is 115 Å². The van der Waals surface area contributed by atoms with Crippen molar-refractivity contribution in [1.82, 2.24) is 15.6 Å². The van der Waals surface area contributed by atoms with Crippen LogP contribution in [0.2, 0.25) is 0 Å². The van der Waals surface area contributed by atoms with Crippen LogP contribution in [0.1, 0.15) is 41.3 Å². The molecule has 0 radical (unpaired) electrons. The third kappa shape index (κ3) is 5.30. The first kappa shape index (κ1) is 20.9. The van der Waals surface area contributed by atoms with E-state index in [4.69, 9.17) is 5.26 Å². The number of nitriles is 1. The number of nitrogens with one attached hydrogen (secondary N) is 3. The van der Waals surface area contributed by atoms with Crippen molar-refractivity contribution in [2.45, 2.75) is 46.2 Å². The van der Waals surface area contributed by atoms with Gasteiger partial charge in [0.15, 0.2) is 0 Å². The summed E-state index contributed by atoms with van der Waals surface area (Å²) in [6.45, 7) is 5.46. The van der Waals surface area contributed by atoms with E-state index in [2.05, 4.69) is 15.6 Å². The molecular weight excluding hydrogens is 356 g/mol. The molecule has 1 heterocycles. The van der Waals surface area contributed by atoms with Crippen LogP contribution in [0.3, 0.4) is 0 Å². The lowest BCUT2D eigenvalue weighted by Gasteiger charge is -2.15. The predicted molar refractivity (Wildman–Crippen MR) is 105 cm³/mol. The molecule has 0 saturated carbocycles. The van der Waals surface area contributed by atoms with Crippen LogP contribution >= 0.6 is 0 Å². The normalized spacial score (nSPS) is 11.4. The van der Waals surface area contributed by atoms with Crippen LogP contribution in [0.5, 0.6) is 0 Å². The van der Waals surface area contributed by atoms with Crippen LogP contribution in [0.4, 0.5) is 0 Å². The lowest BCUT2D eigenvalue weighted by molar-refractivity contribution is -0.128. The van der Waals surface area contributed by atoms with Crippen molar-refractivity contribution in [3.8, 4) is 6.07 Å². The number of carbonyl (C=O) groups is 2. The van der Waals surface area contributed by atoms with Crippen molar-refractivity contribution in [2.24, 2.45) is 0 Å². The molecule has 0 saturated heterocycles. The number of carbonyl (C=O) groups excluding carboxylic acids is 2. The fourth-order valence-electron chi connectivity index (χ4n) is 2.98. The summed E-state index contributed by atoms with van der Waals surface area (Å²) in [4.78, 5) is 38.8. The lowest BCUT2D eigenvalue weighted by atomic mass is 9.99. The van der Waals surface area contributed by atoms with Crippen LogP contribution < -0.4 is 16.2 Å². The predicted octanol–water partition coefficient (Wildman–Crippen LogP) is 1.62. The van der Waals surface area contributed by atoms with Crippen molar-refractivity contribution < 1.29 is 9.59 Å². The quantitative estimate of drug-likeness (QED) is 0.677. The van der Waals surface area contributed by atoms with Gasteiger partial charge < -0.3 is 15.6 Å². The number of amides is 2. The van der Waals surface area contributed by atoms with Gasteiger partial charge >= 0.3 is 0 Å². The van der Waals surface area contributed by atoms with E-state index in [1.165, 1.54) is 0 Å². The zero-order valence-corrected chi connectivity index (χ0v) is 16.3. The van der Waals surface area contributed by atoms with Crippen LogP contribution in [0.15, 0.2) is 35.1 Å². The van der Waals surface area contributed by atoms with Crippen molar-refractivity contribution in [2.75, 3.05) is 0 Å². The Morgan fingerprint density at radius 1 is 1.21 bits per heavy atom. The highest BCUT2D eigenvalue weighted by molar-refractivity contribution is 5.87. The molecule has 3 N–H and O–H groups in total. The third-order valence-electron chi connectivity index (χ3n) is 4.60. The standard InChI is InChI=1S/C21H24N4O3/c1-13-17(14(2)25-21(28)18(13)11-22)9-10-19(26)24-15(3)20(27)23-12-16-7-5-4-6-8-16/h4-8,15H,9-10,12H2,1-3H3,(H,23,27)(H,24,26)(H,25,28). The summed E-state index contributed by atoms with van der Waals surface area (Å²) in [6, 6.07) is 10.7. The molecule has 2 amide bonds. The molecule has 2 rings (SSSR count). The van der Waals surface area contributed by atoms with Gasteiger partial charge in [0.25, 0.3) is 5.56 Å². The largest absolute Gasteiger partial charge is 0.350 e. The number of benzene rings is 1. The van der Waals surface area contributed by atoms with Gasteiger partial charge in [-0.2, -0.15) is 5.26 Å². The van der Waals surface area contributed by atoms with Gasteiger partial charge in [-0.25, -0.2) is 0 Å². The number of H-pyrrole nitrogens is 1. The van der Waals surface area contributed by atoms with E-state index >= 15 is 0 Å². The Labute approximate surface area is 163 Å². The van der Waals surface area contributed by atoms with Gasteiger partial charge in [-0.15, -0.1) is 0 Å². The van der Waals surface area contributed by atoms with Gasteiger partial charge in [0.05, 0.1) is 0 Å². The Morgan fingerprint density at radius 2 is 1.89 bits per heavy atom. The molecule has 1 aromatic carbocycles. The van der Waals surface area contributed by atoms with Crippen molar-refractivity contribution in [3.63, 3.8) is 0 Å². The van der Waals surface area contributed by atoms with Gasteiger partial charge in [-0.3, -0.25) is 14.4 Å². The fraction of sp³-hybridized carbons (Fsp3) is 0.333. The maximum Gasteiger partial charge on any atom is 0.266 e. The summed E-state index contributed by atoms with van der Waals surface area (Å²) >= 11 is 0. The average molecular weight is 380 g/mol. The van der Waals surface area contributed by atoms with Crippen LogP contribution in [0.25, 0.3) is 0 Å². The van der Waals surface area contributed by atoms with Crippen molar-refractivity contribution >= 4 is 11.8 Å². The summed E-state index contributed by atoms with van der Waals surface area (Å²) in [5, 5.41) is 14.6. The zero-order valence-electron chi connectivity index (χ0n) is 16.3. The van der Waals surface area contributed by atoms with E-state index in [1.54, 1.807) is 20.8 Å². The third-order valence-corrected chi connectivity index (χ3v) is 4.60. The van der Waals surface area contributed by atoms with E-state index in [0.717, 1.165) is 11.1 Å². The van der Waals surface area contributed by atoms with E-state index in [0.29, 0.717) is 24.2 Å². The first-order valence-electron chi connectivity index (χ1n) is 9.07. The Kier molecular flexibility index (Phi) is 7.10. The molecule has 1 atom stereocenters. The SMILES string of the molecule is Cc1[nH]c(=O)c(C#N)c(C)c1CCC(=O)NC(C)C(=O)NCc1ccccc1. The summed E-state index contributed by atoms with van der Waals surface area (Å²) in [7, 11) is 0. The number of hydrogen-bond acceptors (Lipinski definition) is 4. The van der Waals surface area contributed by atoms with Gasteiger partial charge in [0.1, 0.15) is 17.7 Å². The van der Waals surface area contributed by atoms with Crippen molar-refractivity contribution in [3.05, 3.63) is 68.6 Å². The molecule has 0 bridgehead atoms. The summed E-state index contributed by atoms with van der Waals surface area (Å²) in [5.74, 6) is -0.536. The molecule has 0 fully saturated rings. The maximum absolute atomic E-state index is 12.2. The molecular formula is C21H24N4O3. The molecule has 0 spiro atoms. The van der Waals surface area contributed by atoms with Crippen LogP contribution in [-0.4, -0.2) is 22.8 Å². The van der Waals surface area contributed by atoms with Gasteiger partial charge in [0.2, 0.25) is 11.8 Å². The van der Waals surface area contributed by atoms with Crippen LogP contribution in [0, 0.1) is 25.2 Å². The number of aromatic amines is 1. The Bertz CT molecular complexity index is 958. The number of rotatable bonds is 7. The maximum atomic E-state index is 12.2. The molecule has 0 aliphatic rings. The Hall–Kier alpha value is -3.40. The minimum absolute atomic E-state index is 0.0645. The molecule has 1 aromatic heterocycles. The summed E-state index contributed by atoms with van der Waals surface area (Å²) in [6.07, 6.45) is 0.516. The smallest absolute Gasteiger partial charge is 0.266 e. The van der Waals surface area contributed by atoms with Crippen molar-refractivity contribution in [1.29, 1.82) is 5.26 Å². The van der Waals surface area contributed by atoms with Gasteiger partial charge in [-0.05, 0) is 43.9 Å². The van der Waals surface area contributed by atoms with Crippen LogP contribution in [-0.2, 0) is 22.6 Å². The number of hydrogen-bond donors (Lipinski definition) is 3. The molecule has 146 valence electrons.